The van der Waals surface area contributed by atoms with E-state index in [0.29, 0.717) is 0 Å². The first-order valence-electron chi connectivity index (χ1n) is 2.98. The van der Waals surface area contributed by atoms with Crippen molar-refractivity contribution < 1.29 is 14.2 Å². The van der Waals surface area contributed by atoms with Crippen molar-refractivity contribution in [3.8, 4) is 0 Å². The quantitative estimate of drug-likeness (QED) is 0.590. The fraction of sp³-hybridized carbons (Fsp3) is 0.667. The maximum Gasteiger partial charge on any atom is 0.491 e. The lowest BCUT2D eigenvalue weighted by molar-refractivity contribution is -0.115. The van der Waals surface area contributed by atoms with Crippen LogP contribution in [0.15, 0.2) is 0 Å². The van der Waals surface area contributed by atoms with Crippen LogP contribution in [-0.2, 0) is 14.2 Å². The van der Waals surface area contributed by atoms with Crippen LogP contribution < -0.4 is 0 Å². The van der Waals surface area contributed by atoms with Gasteiger partial charge in [-0.05, 0) is 0 Å². The standard InChI is InChI=1S/C6H10O3P/c1-4(2)6(8)10(9)5(3)7/h4H,1-3H3/q+1. The molecule has 1 unspecified atom stereocenters. The van der Waals surface area contributed by atoms with Crippen LogP contribution in [0, 0.1) is 5.92 Å². The summed E-state index contributed by atoms with van der Waals surface area (Å²) in [6.07, 6.45) is 0. The van der Waals surface area contributed by atoms with Crippen LogP contribution in [0.4, 0.5) is 0 Å². The van der Waals surface area contributed by atoms with Gasteiger partial charge in [-0.3, -0.25) is 0 Å². The second-order valence-corrected chi connectivity index (χ2v) is 3.97. The Hall–Kier alpha value is -0.560. The van der Waals surface area contributed by atoms with Gasteiger partial charge in [0, 0.05) is 6.92 Å². The van der Waals surface area contributed by atoms with Crippen LogP contribution in [0.3, 0.4) is 0 Å². The van der Waals surface area contributed by atoms with E-state index < -0.39 is 18.8 Å². The summed E-state index contributed by atoms with van der Waals surface area (Å²) >= 11 is 0. The maximum atomic E-state index is 10.8. The first-order chi connectivity index (χ1) is 4.46. The third-order valence-corrected chi connectivity index (χ3v) is 2.47. The average Bonchev–Trinajstić information content (AvgIpc) is 1.84. The van der Waals surface area contributed by atoms with E-state index in [-0.39, 0.29) is 5.92 Å². The molecule has 0 aliphatic rings. The van der Waals surface area contributed by atoms with Crippen LogP contribution in [0.5, 0.6) is 0 Å². The van der Waals surface area contributed by atoms with Crippen LogP contribution in [0.1, 0.15) is 20.8 Å². The molecular formula is C6H10O3P+. The largest absolute Gasteiger partial charge is 0.491 e. The van der Waals surface area contributed by atoms with E-state index in [4.69, 9.17) is 0 Å². The Morgan fingerprint density at radius 1 is 1.30 bits per heavy atom. The summed E-state index contributed by atoms with van der Waals surface area (Å²) in [5.41, 5.74) is -0.990. The van der Waals surface area contributed by atoms with Gasteiger partial charge in [-0.1, -0.05) is 18.4 Å². The Morgan fingerprint density at radius 2 is 1.70 bits per heavy atom. The number of hydrogen-bond acceptors (Lipinski definition) is 3. The van der Waals surface area contributed by atoms with Gasteiger partial charge in [0.25, 0.3) is 0 Å². The van der Waals surface area contributed by atoms with Gasteiger partial charge < -0.3 is 0 Å². The zero-order valence-electron chi connectivity index (χ0n) is 6.25. The van der Waals surface area contributed by atoms with Gasteiger partial charge in [0.2, 0.25) is 0 Å². The first-order valence-corrected chi connectivity index (χ1v) is 4.24. The lowest BCUT2D eigenvalue weighted by atomic mass is 10.3. The molecule has 0 bridgehead atoms. The summed E-state index contributed by atoms with van der Waals surface area (Å²) in [6.45, 7) is 4.41. The van der Waals surface area contributed by atoms with Gasteiger partial charge in [-0.2, -0.15) is 0 Å². The molecule has 10 heavy (non-hydrogen) atoms. The van der Waals surface area contributed by atoms with Gasteiger partial charge in [0.05, 0.1) is 5.92 Å². The van der Waals surface area contributed by atoms with Crippen molar-refractivity contribution in [2.75, 3.05) is 0 Å². The smallest absolute Gasteiger partial charge is 0.240 e. The lowest BCUT2D eigenvalue weighted by Crippen LogP contribution is -2.04. The fourth-order valence-corrected chi connectivity index (χ4v) is 1.17. The molecule has 1 atom stereocenters. The number of carbonyl (C=O) groups excluding carboxylic acids is 2. The fourth-order valence-electron chi connectivity index (χ4n) is 0.390. The van der Waals surface area contributed by atoms with Gasteiger partial charge in [0.15, 0.2) is 0 Å². The van der Waals surface area contributed by atoms with Crippen LogP contribution in [0.25, 0.3) is 0 Å². The van der Waals surface area contributed by atoms with Crippen molar-refractivity contribution >= 4 is 18.8 Å². The summed E-state index contributed by atoms with van der Waals surface area (Å²) in [4.78, 5) is 21.2. The zero-order valence-corrected chi connectivity index (χ0v) is 7.14. The van der Waals surface area contributed by atoms with Crippen LogP contribution in [0.2, 0.25) is 0 Å². The average molecular weight is 161 g/mol. The molecule has 0 aliphatic carbocycles. The predicted octanol–water partition coefficient (Wildman–Crippen LogP) is 1.54. The Balaban J connectivity index is 4.24. The minimum absolute atomic E-state index is 0.312. The second kappa shape index (κ2) is 3.57. The molecule has 0 saturated carbocycles. The van der Waals surface area contributed by atoms with Gasteiger partial charge in [0.1, 0.15) is 0 Å². The van der Waals surface area contributed by atoms with E-state index in [1.54, 1.807) is 13.8 Å². The molecule has 0 radical (unpaired) electrons. The highest BCUT2D eigenvalue weighted by atomic mass is 31.1. The molecule has 0 aromatic rings. The molecule has 0 fully saturated rings. The summed E-state index contributed by atoms with van der Waals surface area (Å²) in [5.74, 6) is -0.312. The SMILES string of the molecule is CC(=O)[P+](=O)C(=O)C(C)C. The van der Waals surface area contributed by atoms with E-state index >= 15 is 0 Å². The Labute approximate surface area is 60.6 Å². The molecule has 0 saturated heterocycles. The second-order valence-electron chi connectivity index (χ2n) is 2.31. The molecule has 0 spiro atoms. The normalized spacial score (nSPS) is 11.4. The van der Waals surface area contributed by atoms with Crippen molar-refractivity contribution in [3.63, 3.8) is 0 Å². The molecule has 0 N–H and O–H groups in total. The number of hydrogen-bond donors (Lipinski definition) is 0. The van der Waals surface area contributed by atoms with E-state index in [1.807, 2.05) is 0 Å². The van der Waals surface area contributed by atoms with Crippen molar-refractivity contribution in [3.05, 3.63) is 0 Å². The third-order valence-electron chi connectivity index (χ3n) is 0.980. The van der Waals surface area contributed by atoms with Gasteiger partial charge >= 0.3 is 18.8 Å². The molecule has 0 amide bonds. The molecule has 0 aliphatic heterocycles. The monoisotopic (exact) mass is 161 g/mol. The van der Waals surface area contributed by atoms with E-state index in [9.17, 15) is 14.2 Å². The van der Waals surface area contributed by atoms with Crippen LogP contribution in [-0.4, -0.2) is 11.0 Å². The summed E-state index contributed by atoms with van der Waals surface area (Å²) in [5, 5.41) is 0. The predicted molar refractivity (Wildman–Crippen MR) is 38.1 cm³/mol. The van der Waals surface area contributed by atoms with E-state index in [0.717, 1.165) is 0 Å². The first kappa shape index (κ1) is 9.44. The minimum atomic E-state index is -2.27. The highest BCUT2D eigenvalue weighted by Crippen LogP contribution is 2.26. The van der Waals surface area contributed by atoms with Crippen molar-refractivity contribution in [2.45, 2.75) is 20.8 Å². The summed E-state index contributed by atoms with van der Waals surface area (Å²) in [6, 6.07) is 0. The third kappa shape index (κ3) is 2.36. The van der Waals surface area contributed by atoms with E-state index in [2.05, 4.69) is 0 Å². The molecule has 3 nitrogen and oxygen atoms in total. The molecule has 0 aromatic carbocycles. The summed E-state index contributed by atoms with van der Waals surface area (Å²) in [7, 11) is -2.27. The molecule has 56 valence electrons. The minimum Gasteiger partial charge on any atom is -0.240 e. The highest BCUT2D eigenvalue weighted by Gasteiger charge is 2.35. The van der Waals surface area contributed by atoms with Crippen molar-refractivity contribution in [1.82, 2.24) is 0 Å². The molecule has 0 aromatic heterocycles. The molecule has 4 heteroatoms. The van der Waals surface area contributed by atoms with Crippen LogP contribution >= 0.6 is 7.80 Å². The van der Waals surface area contributed by atoms with Crippen molar-refractivity contribution in [2.24, 2.45) is 5.92 Å². The zero-order chi connectivity index (χ0) is 8.31. The highest BCUT2D eigenvalue weighted by molar-refractivity contribution is 7.79. The topological polar surface area (TPSA) is 51.2 Å². The Bertz CT molecular complexity index is 183. The lowest BCUT2D eigenvalue weighted by Gasteiger charge is -1.87. The van der Waals surface area contributed by atoms with Gasteiger partial charge in [-0.15, -0.1) is 0 Å². The van der Waals surface area contributed by atoms with E-state index in [1.165, 1.54) is 6.92 Å². The Morgan fingerprint density at radius 3 is 1.80 bits per heavy atom. The van der Waals surface area contributed by atoms with Crippen molar-refractivity contribution in [1.29, 1.82) is 0 Å². The maximum absolute atomic E-state index is 10.8. The number of rotatable bonds is 3. The van der Waals surface area contributed by atoms with Gasteiger partial charge in [-0.25, -0.2) is 9.59 Å². The number of carbonyl (C=O) groups is 2. The molecule has 0 heterocycles. The molecular weight excluding hydrogens is 151 g/mol. The Kier molecular flexibility index (Phi) is 3.37. The molecule has 0 rings (SSSR count). The summed E-state index contributed by atoms with van der Waals surface area (Å²) < 4.78 is 10.7.